The molecule has 0 aliphatic rings. The van der Waals surface area contributed by atoms with Crippen LogP contribution >= 0.6 is 0 Å². The second kappa shape index (κ2) is 12.9. The third-order valence-corrected chi connectivity index (χ3v) is 3.93. The molecule has 0 aromatic carbocycles. The van der Waals surface area contributed by atoms with Gasteiger partial charge in [0.1, 0.15) is 0 Å². The highest BCUT2D eigenvalue weighted by molar-refractivity contribution is 4.76. The number of methoxy groups -OCH3 is 1. The fourth-order valence-electron chi connectivity index (χ4n) is 2.65. The molecule has 0 bridgehead atoms. The van der Waals surface area contributed by atoms with Crippen molar-refractivity contribution in [3.8, 4) is 0 Å². The molecule has 0 aliphatic carbocycles. The molecule has 0 heterocycles. The van der Waals surface area contributed by atoms with Crippen molar-refractivity contribution in [2.75, 3.05) is 33.4 Å². The van der Waals surface area contributed by atoms with E-state index in [1.54, 1.807) is 7.11 Å². The van der Waals surface area contributed by atoms with Gasteiger partial charge in [-0.3, -0.25) is 4.90 Å². The first kappa shape index (κ1) is 18.9. The van der Waals surface area contributed by atoms with Crippen molar-refractivity contribution in [3.63, 3.8) is 0 Å². The first-order valence-corrected chi connectivity index (χ1v) is 8.16. The summed E-state index contributed by atoms with van der Waals surface area (Å²) in [5.74, 6) is 0. The van der Waals surface area contributed by atoms with Gasteiger partial charge in [0, 0.05) is 32.3 Å². The van der Waals surface area contributed by atoms with Crippen LogP contribution in [0, 0.1) is 0 Å². The molecule has 0 spiro atoms. The lowest BCUT2D eigenvalue weighted by atomic mass is 10.1. The number of nitrogens with one attached hydrogen (secondary N) is 1. The highest BCUT2D eigenvalue weighted by Gasteiger charge is 2.20. The quantitative estimate of drug-likeness (QED) is 0.521. The van der Waals surface area contributed by atoms with Gasteiger partial charge in [0.15, 0.2) is 0 Å². The van der Waals surface area contributed by atoms with Crippen LogP contribution in [0.15, 0.2) is 0 Å². The van der Waals surface area contributed by atoms with E-state index in [4.69, 9.17) is 4.74 Å². The molecule has 0 amide bonds. The van der Waals surface area contributed by atoms with Crippen LogP contribution < -0.4 is 5.32 Å². The lowest BCUT2D eigenvalue weighted by molar-refractivity contribution is 0.0851. The van der Waals surface area contributed by atoms with Gasteiger partial charge < -0.3 is 10.1 Å². The molecule has 0 rings (SSSR count). The van der Waals surface area contributed by atoms with Gasteiger partial charge in [0.2, 0.25) is 0 Å². The van der Waals surface area contributed by atoms with Crippen LogP contribution in [-0.4, -0.2) is 50.3 Å². The summed E-state index contributed by atoms with van der Waals surface area (Å²) in [4.78, 5) is 2.61. The SMILES string of the molecule is CCCCCNCC(C)N(CCOC)C(CC)CC. The molecular formula is C16H36N2O. The van der Waals surface area contributed by atoms with Crippen molar-refractivity contribution in [2.45, 2.75) is 71.9 Å². The van der Waals surface area contributed by atoms with Crippen molar-refractivity contribution in [1.29, 1.82) is 0 Å². The fourth-order valence-corrected chi connectivity index (χ4v) is 2.65. The molecule has 0 saturated carbocycles. The molecule has 3 heteroatoms. The van der Waals surface area contributed by atoms with Crippen LogP contribution in [0.3, 0.4) is 0 Å². The van der Waals surface area contributed by atoms with E-state index < -0.39 is 0 Å². The van der Waals surface area contributed by atoms with E-state index in [2.05, 4.69) is 37.9 Å². The first-order valence-electron chi connectivity index (χ1n) is 8.16. The van der Waals surface area contributed by atoms with E-state index in [0.29, 0.717) is 12.1 Å². The predicted molar refractivity (Wildman–Crippen MR) is 84.8 cm³/mol. The van der Waals surface area contributed by atoms with E-state index in [-0.39, 0.29) is 0 Å². The minimum Gasteiger partial charge on any atom is -0.383 e. The largest absolute Gasteiger partial charge is 0.383 e. The van der Waals surface area contributed by atoms with Gasteiger partial charge in [-0.05, 0) is 32.7 Å². The topological polar surface area (TPSA) is 24.5 Å². The van der Waals surface area contributed by atoms with Crippen LogP contribution in [0.1, 0.15) is 59.8 Å². The van der Waals surface area contributed by atoms with Crippen LogP contribution in [-0.2, 0) is 4.74 Å². The van der Waals surface area contributed by atoms with Crippen molar-refractivity contribution < 1.29 is 4.74 Å². The molecule has 0 fully saturated rings. The number of hydrogen-bond acceptors (Lipinski definition) is 3. The number of unbranched alkanes of at least 4 members (excludes halogenated alkanes) is 2. The van der Waals surface area contributed by atoms with Crippen LogP contribution in [0.5, 0.6) is 0 Å². The highest BCUT2D eigenvalue weighted by Crippen LogP contribution is 2.12. The first-order chi connectivity index (χ1) is 9.21. The Morgan fingerprint density at radius 3 is 2.32 bits per heavy atom. The van der Waals surface area contributed by atoms with Gasteiger partial charge in [0.25, 0.3) is 0 Å². The van der Waals surface area contributed by atoms with Gasteiger partial charge in [-0.2, -0.15) is 0 Å². The Bertz CT molecular complexity index is 184. The smallest absolute Gasteiger partial charge is 0.0589 e. The summed E-state index contributed by atoms with van der Waals surface area (Å²) < 4.78 is 5.26. The van der Waals surface area contributed by atoms with E-state index in [9.17, 15) is 0 Å². The van der Waals surface area contributed by atoms with E-state index in [1.165, 1.54) is 32.1 Å². The zero-order valence-corrected chi connectivity index (χ0v) is 13.9. The van der Waals surface area contributed by atoms with Crippen LogP contribution in [0.4, 0.5) is 0 Å². The molecule has 1 N–H and O–H groups in total. The van der Waals surface area contributed by atoms with E-state index in [1.807, 2.05) is 0 Å². The number of rotatable bonds is 13. The molecule has 19 heavy (non-hydrogen) atoms. The number of ether oxygens (including phenoxy) is 1. The van der Waals surface area contributed by atoms with Crippen molar-refractivity contribution in [3.05, 3.63) is 0 Å². The Morgan fingerprint density at radius 1 is 1.11 bits per heavy atom. The Morgan fingerprint density at radius 2 is 1.79 bits per heavy atom. The minimum atomic E-state index is 0.585. The highest BCUT2D eigenvalue weighted by atomic mass is 16.5. The van der Waals surface area contributed by atoms with E-state index >= 15 is 0 Å². The normalized spacial score (nSPS) is 13.4. The molecule has 116 valence electrons. The molecule has 0 aromatic heterocycles. The molecule has 0 saturated heterocycles. The van der Waals surface area contributed by atoms with E-state index in [0.717, 1.165) is 26.2 Å². The standard InChI is InChI=1S/C16H36N2O/c1-6-9-10-11-17-14-15(4)18(12-13-19-5)16(7-2)8-3/h15-17H,6-14H2,1-5H3. The van der Waals surface area contributed by atoms with Crippen LogP contribution in [0.25, 0.3) is 0 Å². The van der Waals surface area contributed by atoms with Gasteiger partial charge in [0.05, 0.1) is 6.61 Å². The summed E-state index contributed by atoms with van der Waals surface area (Å²) in [5.41, 5.74) is 0. The molecule has 1 unspecified atom stereocenters. The third-order valence-electron chi connectivity index (χ3n) is 3.93. The summed E-state index contributed by atoms with van der Waals surface area (Å²) in [6, 6.07) is 1.27. The van der Waals surface area contributed by atoms with Gasteiger partial charge in [-0.15, -0.1) is 0 Å². The van der Waals surface area contributed by atoms with Gasteiger partial charge in [-0.1, -0.05) is 33.6 Å². The lowest BCUT2D eigenvalue weighted by Crippen LogP contribution is -2.47. The summed E-state index contributed by atoms with van der Waals surface area (Å²) in [6.45, 7) is 13.3. The average molecular weight is 272 g/mol. The number of nitrogens with zero attached hydrogens (tertiary/aromatic N) is 1. The summed E-state index contributed by atoms with van der Waals surface area (Å²) in [5, 5.41) is 3.60. The molecule has 0 aromatic rings. The molecule has 0 aliphatic heterocycles. The number of hydrogen-bond donors (Lipinski definition) is 1. The van der Waals surface area contributed by atoms with Gasteiger partial charge in [-0.25, -0.2) is 0 Å². The zero-order valence-electron chi connectivity index (χ0n) is 13.9. The molecular weight excluding hydrogens is 236 g/mol. The third kappa shape index (κ3) is 8.61. The fraction of sp³-hybridized carbons (Fsp3) is 1.00. The monoisotopic (exact) mass is 272 g/mol. The average Bonchev–Trinajstić information content (AvgIpc) is 2.43. The summed E-state index contributed by atoms with van der Waals surface area (Å²) >= 11 is 0. The molecule has 0 radical (unpaired) electrons. The van der Waals surface area contributed by atoms with Crippen LogP contribution in [0.2, 0.25) is 0 Å². The lowest BCUT2D eigenvalue weighted by Gasteiger charge is -2.35. The van der Waals surface area contributed by atoms with Crippen molar-refractivity contribution in [2.24, 2.45) is 0 Å². The zero-order chi connectivity index (χ0) is 14.5. The minimum absolute atomic E-state index is 0.585. The Hall–Kier alpha value is -0.120. The Balaban J connectivity index is 4.09. The molecule has 3 nitrogen and oxygen atoms in total. The van der Waals surface area contributed by atoms with Gasteiger partial charge >= 0.3 is 0 Å². The predicted octanol–water partition coefficient (Wildman–Crippen LogP) is 3.29. The maximum Gasteiger partial charge on any atom is 0.0589 e. The summed E-state index contributed by atoms with van der Waals surface area (Å²) in [7, 11) is 1.79. The molecule has 1 atom stereocenters. The maximum atomic E-state index is 5.26. The second-order valence-corrected chi connectivity index (χ2v) is 5.46. The Labute approximate surface area is 121 Å². The summed E-state index contributed by atoms with van der Waals surface area (Å²) in [6.07, 6.45) is 6.37. The van der Waals surface area contributed by atoms with Crippen molar-refractivity contribution in [1.82, 2.24) is 10.2 Å². The Kier molecular flexibility index (Phi) is 12.8. The van der Waals surface area contributed by atoms with Crippen molar-refractivity contribution >= 4 is 0 Å². The maximum absolute atomic E-state index is 5.26. The second-order valence-electron chi connectivity index (χ2n) is 5.46.